The third-order valence-electron chi connectivity index (χ3n) is 5.83. The van der Waals surface area contributed by atoms with E-state index in [0.29, 0.717) is 17.8 Å². The highest BCUT2D eigenvalue weighted by atomic mass is 16.3. The second kappa shape index (κ2) is 5.57. The number of fused-ring (bicyclic) bond motifs is 1. The number of carbonyl (C=O) groups is 1. The minimum atomic E-state index is -0.502. The third-order valence-corrected chi connectivity index (χ3v) is 5.83. The van der Waals surface area contributed by atoms with Gasteiger partial charge in [0.05, 0.1) is 6.10 Å². The van der Waals surface area contributed by atoms with Gasteiger partial charge >= 0.3 is 0 Å². The van der Waals surface area contributed by atoms with Gasteiger partial charge in [-0.05, 0) is 67.1 Å². The average Bonchev–Trinajstić information content (AvgIpc) is 2.83. The molecule has 114 valence electrons. The Morgan fingerprint density at radius 1 is 1.29 bits per heavy atom. The normalized spacial score (nSPS) is 37.1. The second-order valence-corrected chi connectivity index (χ2v) is 7.31. The molecule has 1 fully saturated rings. The van der Waals surface area contributed by atoms with E-state index in [0.717, 1.165) is 11.1 Å². The molecule has 3 aliphatic carbocycles. The van der Waals surface area contributed by atoms with Gasteiger partial charge in [0.1, 0.15) is 0 Å². The van der Waals surface area contributed by atoms with Crippen LogP contribution in [0.3, 0.4) is 0 Å². The number of aliphatic hydroxyl groups excluding tert-OH is 1. The fourth-order valence-electron chi connectivity index (χ4n) is 4.41. The van der Waals surface area contributed by atoms with E-state index in [-0.39, 0.29) is 12.2 Å². The molecule has 2 unspecified atom stereocenters. The fourth-order valence-corrected chi connectivity index (χ4v) is 4.41. The van der Waals surface area contributed by atoms with Crippen molar-refractivity contribution in [3.63, 3.8) is 0 Å². The molecule has 2 heteroatoms. The molecule has 0 amide bonds. The summed E-state index contributed by atoms with van der Waals surface area (Å²) in [6, 6.07) is 0. The first-order valence-electron chi connectivity index (χ1n) is 8.29. The number of rotatable bonds is 2. The van der Waals surface area contributed by atoms with E-state index in [1.807, 2.05) is 6.92 Å². The van der Waals surface area contributed by atoms with Crippen LogP contribution in [-0.4, -0.2) is 17.0 Å². The minimum Gasteiger partial charge on any atom is -0.392 e. The van der Waals surface area contributed by atoms with Gasteiger partial charge in [0.2, 0.25) is 0 Å². The molecule has 0 aromatic heterocycles. The number of hydrogen-bond donors (Lipinski definition) is 1. The Hall–Kier alpha value is -1.15. The molecule has 0 aromatic rings. The van der Waals surface area contributed by atoms with Gasteiger partial charge in [-0.25, -0.2) is 0 Å². The molecule has 0 aliphatic heterocycles. The maximum Gasteiger partial charge on any atom is 0.161 e. The Balaban J connectivity index is 1.81. The monoisotopic (exact) mass is 286 g/mol. The van der Waals surface area contributed by atoms with E-state index in [1.165, 1.54) is 37.7 Å². The number of Topliss-reactive ketones (excluding diaryl/α,β-unsaturated/α-hetero) is 1. The SMILES string of the molecule is CC1=C(/C=C\C2=CCC[C@]3(C)CCCC23)CC(O)CC1=O. The van der Waals surface area contributed by atoms with Gasteiger partial charge in [-0.3, -0.25) is 4.79 Å². The van der Waals surface area contributed by atoms with Crippen molar-refractivity contribution in [1.82, 2.24) is 0 Å². The van der Waals surface area contributed by atoms with Gasteiger partial charge < -0.3 is 5.11 Å². The summed E-state index contributed by atoms with van der Waals surface area (Å²) in [5, 5.41) is 9.79. The van der Waals surface area contributed by atoms with Crippen molar-refractivity contribution >= 4 is 5.78 Å². The van der Waals surface area contributed by atoms with Crippen LogP contribution in [0.1, 0.15) is 58.8 Å². The lowest BCUT2D eigenvalue weighted by molar-refractivity contribution is -0.117. The summed E-state index contributed by atoms with van der Waals surface area (Å²) in [6.45, 7) is 4.33. The van der Waals surface area contributed by atoms with Gasteiger partial charge in [0.15, 0.2) is 5.78 Å². The zero-order chi connectivity index (χ0) is 15.0. The van der Waals surface area contributed by atoms with E-state index in [9.17, 15) is 9.90 Å². The topological polar surface area (TPSA) is 37.3 Å². The quantitative estimate of drug-likeness (QED) is 0.829. The van der Waals surface area contributed by atoms with Crippen molar-refractivity contribution in [2.75, 3.05) is 0 Å². The van der Waals surface area contributed by atoms with Gasteiger partial charge in [0.25, 0.3) is 0 Å². The molecule has 2 nitrogen and oxygen atoms in total. The first kappa shape index (κ1) is 14.8. The Morgan fingerprint density at radius 3 is 2.90 bits per heavy atom. The van der Waals surface area contributed by atoms with E-state index in [2.05, 4.69) is 25.2 Å². The molecule has 1 saturated carbocycles. The largest absolute Gasteiger partial charge is 0.392 e. The zero-order valence-corrected chi connectivity index (χ0v) is 13.2. The van der Waals surface area contributed by atoms with Crippen LogP contribution in [0.4, 0.5) is 0 Å². The number of hydrogen-bond acceptors (Lipinski definition) is 2. The van der Waals surface area contributed by atoms with Crippen LogP contribution >= 0.6 is 0 Å². The Labute approximate surface area is 127 Å². The summed E-state index contributed by atoms with van der Waals surface area (Å²) >= 11 is 0. The predicted molar refractivity (Wildman–Crippen MR) is 84.9 cm³/mol. The average molecular weight is 286 g/mol. The molecule has 1 N–H and O–H groups in total. The second-order valence-electron chi connectivity index (χ2n) is 7.31. The standard InChI is InChI=1S/C19H26O2/c1-13-15(11-16(20)12-18(13)21)8-7-14-5-3-9-19(2)10-4-6-17(14)19/h5,7-8,16-17,20H,3-4,6,9-12H2,1-2H3/b8-7-/t16?,17?,19-/m1/s1. The van der Waals surface area contributed by atoms with Crippen molar-refractivity contribution in [2.45, 2.75) is 64.9 Å². The number of ketones is 1. The third kappa shape index (κ3) is 2.78. The zero-order valence-electron chi connectivity index (χ0n) is 13.2. The molecule has 0 saturated heterocycles. The summed E-state index contributed by atoms with van der Waals surface area (Å²) in [6.07, 6.45) is 13.6. The molecule has 0 spiro atoms. The Bertz CT molecular complexity index is 538. The van der Waals surface area contributed by atoms with E-state index in [4.69, 9.17) is 0 Å². The van der Waals surface area contributed by atoms with E-state index >= 15 is 0 Å². The number of aliphatic hydroxyl groups is 1. The maximum atomic E-state index is 11.8. The van der Waals surface area contributed by atoms with E-state index in [1.54, 1.807) is 0 Å². The summed E-state index contributed by atoms with van der Waals surface area (Å²) in [5.74, 6) is 0.782. The van der Waals surface area contributed by atoms with Crippen LogP contribution < -0.4 is 0 Å². The maximum absolute atomic E-state index is 11.8. The van der Waals surface area contributed by atoms with Crippen molar-refractivity contribution in [1.29, 1.82) is 0 Å². The van der Waals surface area contributed by atoms with Crippen molar-refractivity contribution in [2.24, 2.45) is 11.3 Å². The molecular weight excluding hydrogens is 260 g/mol. The molecule has 3 rings (SSSR count). The van der Waals surface area contributed by atoms with Crippen molar-refractivity contribution < 1.29 is 9.90 Å². The van der Waals surface area contributed by atoms with Crippen LogP contribution in [0.5, 0.6) is 0 Å². The van der Waals surface area contributed by atoms with Crippen molar-refractivity contribution in [3.05, 3.63) is 34.9 Å². The molecule has 0 bridgehead atoms. The molecule has 0 aromatic carbocycles. The first-order chi connectivity index (χ1) is 9.99. The Kier molecular flexibility index (Phi) is 3.92. The van der Waals surface area contributed by atoms with E-state index < -0.39 is 6.10 Å². The molecule has 3 atom stereocenters. The smallest absolute Gasteiger partial charge is 0.161 e. The summed E-state index contributed by atoms with van der Waals surface area (Å²) in [7, 11) is 0. The summed E-state index contributed by atoms with van der Waals surface area (Å²) < 4.78 is 0. The fraction of sp³-hybridized carbons (Fsp3) is 0.632. The highest BCUT2D eigenvalue weighted by Gasteiger charge is 2.41. The predicted octanol–water partition coefficient (Wildman–Crippen LogP) is 4.11. The highest BCUT2D eigenvalue weighted by Crippen LogP contribution is 2.52. The molecule has 0 radical (unpaired) electrons. The van der Waals surface area contributed by atoms with Gasteiger partial charge in [-0.15, -0.1) is 0 Å². The van der Waals surface area contributed by atoms with Crippen LogP contribution in [0.2, 0.25) is 0 Å². The molecule has 21 heavy (non-hydrogen) atoms. The van der Waals surface area contributed by atoms with Crippen LogP contribution in [0, 0.1) is 11.3 Å². The van der Waals surface area contributed by atoms with Gasteiger partial charge in [-0.1, -0.05) is 31.6 Å². The summed E-state index contributed by atoms with van der Waals surface area (Å²) in [4.78, 5) is 11.8. The minimum absolute atomic E-state index is 0.0942. The Morgan fingerprint density at radius 2 is 2.10 bits per heavy atom. The van der Waals surface area contributed by atoms with Gasteiger partial charge in [-0.2, -0.15) is 0 Å². The molecular formula is C19H26O2. The lowest BCUT2D eigenvalue weighted by atomic mass is 9.69. The van der Waals surface area contributed by atoms with Crippen LogP contribution in [0.25, 0.3) is 0 Å². The van der Waals surface area contributed by atoms with Crippen molar-refractivity contribution in [3.8, 4) is 0 Å². The lowest BCUT2D eigenvalue weighted by Gasteiger charge is -2.36. The number of allylic oxidation sites excluding steroid dienone is 5. The number of carbonyl (C=O) groups excluding carboxylic acids is 1. The van der Waals surface area contributed by atoms with Crippen LogP contribution in [0.15, 0.2) is 34.9 Å². The highest BCUT2D eigenvalue weighted by molar-refractivity contribution is 5.97. The lowest BCUT2D eigenvalue weighted by Crippen LogP contribution is -2.25. The molecule has 0 heterocycles. The first-order valence-corrected chi connectivity index (χ1v) is 8.29. The van der Waals surface area contributed by atoms with Gasteiger partial charge in [0, 0.05) is 6.42 Å². The molecule has 3 aliphatic rings. The summed E-state index contributed by atoms with van der Waals surface area (Å²) in [5.41, 5.74) is 3.79. The van der Waals surface area contributed by atoms with Crippen LogP contribution in [-0.2, 0) is 4.79 Å².